The highest BCUT2D eigenvalue weighted by atomic mass is 79.9. The minimum absolute atomic E-state index is 0.142. The van der Waals surface area contributed by atoms with Crippen LogP contribution in [0, 0.1) is 18.6 Å². The maximum atomic E-state index is 14.4. The zero-order valence-electron chi connectivity index (χ0n) is 79.8. The topological polar surface area (TPSA) is 174 Å². The zero-order chi connectivity index (χ0) is 95.7. The molecule has 7 aliphatic heterocycles. The van der Waals surface area contributed by atoms with Gasteiger partial charge in [0.05, 0.1) is 59.6 Å². The first-order valence-electron chi connectivity index (χ1n) is 49.3. The number of nitrogens with zero attached hydrogens (tertiary/aromatic N) is 6. The van der Waals surface area contributed by atoms with Gasteiger partial charge in [-0.15, -0.1) is 22.7 Å². The smallest absolute Gasteiger partial charge is 0.129 e. The number of halogens is 4. The van der Waals surface area contributed by atoms with Gasteiger partial charge in [-0.1, -0.05) is 241 Å². The summed E-state index contributed by atoms with van der Waals surface area (Å²) in [5.41, 5.74) is 24.0. The number of methoxy groups -OCH3 is 2. The van der Waals surface area contributed by atoms with Crippen LogP contribution in [0.2, 0.25) is 5.02 Å². The average Bonchev–Trinajstić information content (AvgIpc) is 1.59. The number of thiophene rings is 2. The fourth-order valence-electron chi connectivity index (χ4n) is 19.8. The van der Waals surface area contributed by atoms with Gasteiger partial charge < -0.3 is 46.1 Å². The predicted molar refractivity (Wildman–Crippen MR) is 582 cm³/mol. The second-order valence-corrected chi connectivity index (χ2v) is 39.2. The van der Waals surface area contributed by atoms with Crippen LogP contribution in [-0.2, 0) is 83.5 Å². The molecule has 23 rings (SSSR count). The molecule has 1 aliphatic carbocycles. The molecule has 1 fully saturated rings. The molecule has 21 heteroatoms. The van der Waals surface area contributed by atoms with E-state index in [2.05, 4.69) is 297 Å². The van der Waals surface area contributed by atoms with Crippen LogP contribution in [0.15, 0.2) is 318 Å². The Morgan fingerprint density at radius 3 is 1.50 bits per heavy atom. The third kappa shape index (κ3) is 24.5. The van der Waals surface area contributed by atoms with Crippen molar-refractivity contribution in [3.8, 4) is 17.2 Å². The Balaban J connectivity index is 0.000000112. The van der Waals surface area contributed by atoms with Gasteiger partial charge in [-0.3, -0.25) is 30.0 Å². The van der Waals surface area contributed by atoms with E-state index in [4.69, 9.17) is 30.8 Å². The largest absolute Gasteiger partial charge is 0.497 e. The van der Waals surface area contributed by atoms with Gasteiger partial charge in [0.15, 0.2) is 0 Å². The van der Waals surface area contributed by atoms with E-state index in [1.165, 1.54) is 152 Å². The summed E-state index contributed by atoms with van der Waals surface area (Å²) >= 11 is 13.8. The third-order valence-corrected chi connectivity index (χ3v) is 30.1. The van der Waals surface area contributed by atoms with Crippen molar-refractivity contribution in [1.29, 1.82) is 0 Å². The molecule has 0 radical (unpaired) electrons. The number of hydrogen-bond acceptors (Lipinski definition) is 17. The van der Waals surface area contributed by atoms with E-state index in [9.17, 15) is 8.78 Å². The molecule has 0 spiro atoms. The van der Waals surface area contributed by atoms with Crippen molar-refractivity contribution in [2.75, 3.05) is 86.3 Å². The van der Waals surface area contributed by atoms with Crippen molar-refractivity contribution in [2.24, 2.45) is 30.0 Å². The summed E-state index contributed by atoms with van der Waals surface area (Å²) in [4.78, 5) is 27.6. The lowest BCUT2D eigenvalue weighted by atomic mass is 9.92. The first-order chi connectivity index (χ1) is 68.9. The minimum Gasteiger partial charge on any atom is -0.497 e. The molecule has 6 N–H and O–H groups in total. The lowest BCUT2D eigenvalue weighted by molar-refractivity contribution is 0.353. The van der Waals surface area contributed by atoms with Crippen molar-refractivity contribution >= 4 is 116 Å². The van der Waals surface area contributed by atoms with Crippen LogP contribution in [0.3, 0.4) is 0 Å². The number of aryl methyl sites for hydroxylation is 10. The Kier molecular flexibility index (Phi) is 33.4. The fraction of sp³-hybridized carbons (Fsp3) is 0.277. The van der Waals surface area contributed by atoms with E-state index < -0.39 is 0 Å². The molecule has 0 unspecified atom stereocenters. The van der Waals surface area contributed by atoms with Crippen molar-refractivity contribution in [2.45, 2.75) is 128 Å². The van der Waals surface area contributed by atoms with Gasteiger partial charge in [-0.2, -0.15) is 0 Å². The maximum absolute atomic E-state index is 14.4. The number of amidine groups is 6. The SMILES string of the molecule is COc1ccc(Br)c(CCc2ccccc2C2=NCCN2)c1.COc1cccc(CCc2ccccc2C2=NCCN2)c1.Cc1ccc2ccccc2c1CCc1c(Cl)cccc1C1=N[C@@H]2CCCC[C@H]2N1.Fc1cccc(C2=NCCN2)c1CCc1ccc2ccsc2c1.Fc1cccc(C2=NCCN2)c1CCc1cccc2sccc12.c1ccc(C2=NCCN2)c(CCc2cccc3c2OCC3)c1. The van der Waals surface area contributed by atoms with Gasteiger partial charge >= 0.3 is 0 Å². The summed E-state index contributed by atoms with van der Waals surface area (Å²) in [6.07, 6.45) is 16.9. The van der Waals surface area contributed by atoms with E-state index >= 15 is 0 Å². The molecule has 0 amide bonds. The third-order valence-electron chi connectivity index (χ3n) is 27.2. The molecule has 2 atom stereocenters. The number of rotatable bonds is 26. The van der Waals surface area contributed by atoms with Gasteiger partial charge in [0.25, 0.3) is 0 Å². The van der Waals surface area contributed by atoms with Crippen LogP contribution < -0.4 is 46.1 Å². The first kappa shape index (κ1) is 97.1. The number of nitrogens with one attached hydrogen (secondary N) is 6. The number of ether oxygens (including phenoxy) is 3. The van der Waals surface area contributed by atoms with Gasteiger partial charge in [0.2, 0.25) is 0 Å². The number of fused-ring (bicyclic) bond motifs is 5. The normalized spacial score (nSPS) is 15.7. The van der Waals surface area contributed by atoms with Crippen LogP contribution >= 0.6 is 50.2 Å². The summed E-state index contributed by atoms with van der Waals surface area (Å²) in [5, 5.41) is 30.6. The predicted octanol–water partition coefficient (Wildman–Crippen LogP) is 23.8. The molecule has 15 aromatic rings. The first-order valence-corrected chi connectivity index (χ1v) is 52.2. The minimum atomic E-state index is -0.142. The van der Waals surface area contributed by atoms with E-state index in [1.54, 1.807) is 55.1 Å². The van der Waals surface area contributed by atoms with Gasteiger partial charge in [0.1, 0.15) is 63.9 Å². The highest BCUT2D eigenvalue weighted by molar-refractivity contribution is 9.10. The molecular weight excluding hydrogens is 1860 g/mol. The number of para-hydroxylation sites is 1. The van der Waals surface area contributed by atoms with Crippen LogP contribution in [0.25, 0.3) is 30.9 Å². The Hall–Kier alpha value is -13.1. The summed E-state index contributed by atoms with van der Waals surface area (Å²) in [5.74, 6) is 8.47. The Labute approximate surface area is 842 Å². The highest BCUT2D eigenvalue weighted by Gasteiger charge is 2.33. The Morgan fingerprint density at radius 1 is 0.386 bits per heavy atom. The van der Waals surface area contributed by atoms with E-state index in [0.717, 1.165) is 227 Å². The van der Waals surface area contributed by atoms with Crippen molar-refractivity contribution < 1.29 is 23.0 Å². The number of aliphatic imine (C=N–C) groups is 6. The fourth-order valence-corrected chi connectivity index (χ4v) is 22.2. The molecule has 140 heavy (non-hydrogen) atoms. The lowest BCUT2D eigenvalue weighted by Crippen LogP contribution is -2.37. The summed E-state index contributed by atoms with van der Waals surface area (Å²) < 4.78 is 48.8. The Morgan fingerprint density at radius 2 is 0.864 bits per heavy atom. The van der Waals surface area contributed by atoms with E-state index in [-0.39, 0.29) is 11.6 Å². The lowest BCUT2D eigenvalue weighted by Gasteiger charge is -2.23. The van der Waals surface area contributed by atoms with E-state index in [1.807, 2.05) is 42.5 Å². The van der Waals surface area contributed by atoms with Crippen LogP contribution in [-0.4, -0.2) is 133 Å². The second-order valence-electron chi connectivity index (χ2n) is 36.1. The van der Waals surface area contributed by atoms with Gasteiger partial charge in [-0.25, -0.2) is 8.78 Å². The maximum Gasteiger partial charge on any atom is 0.129 e. The van der Waals surface area contributed by atoms with Gasteiger partial charge in [-0.05, 0) is 280 Å². The summed E-state index contributed by atoms with van der Waals surface area (Å²) in [7, 11) is 3.41. The Bertz CT molecular complexity index is 7070. The quantitative estimate of drug-likeness (QED) is 0.0308. The molecule has 13 aromatic carbocycles. The van der Waals surface area contributed by atoms with Crippen LogP contribution in [0.5, 0.6) is 17.2 Å². The molecule has 1 saturated carbocycles. The molecule has 0 bridgehead atoms. The zero-order valence-corrected chi connectivity index (χ0v) is 83.8. The van der Waals surface area contributed by atoms with Crippen molar-refractivity contribution in [1.82, 2.24) is 31.9 Å². The number of hydrogen-bond donors (Lipinski definition) is 6. The van der Waals surface area contributed by atoms with Crippen molar-refractivity contribution in [3.05, 3.63) is 416 Å². The summed E-state index contributed by atoms with van der Waals surface area (Å²) in [6, 6.07) is 94.5. The molecule has 2 aromatic heterocycles. The monoisotopic (exact) mass is 1980 g/mol. The summed E-state index contributed by atoms with van der Waals surface area (Å²) in [6.45, 7) is 11.7. The molecule has 15 nitrogen and oxygen atoms in total. The van der Waals surface area contributed by atoms with Crippen LogP contribution in [0.1, 0.15) is 137 Å². The molecule has 0 saturated heterocycles. The number of benzene rings is 13. The molecule has 714 valence electrons. The van der Waals surface area contributed by atoms with Crippen LogP contribution in [0.4, 0.5) is 8.78 Å². The van der Waals surface area contributed by atoms with Crippen molar-refractivity contribution in [3.63, 3.8) is 0 Å². The standard InChI is InChI=1S/C26H27ClN2.2C19H17FN2S.C19H20N2O.C18H19BrN2O.C18H20N2O/c1-17-13-14-18-7-2-3-8-20(18)19(17)15-16-21-22(9-6-10-23(21)27)26-28-24-11-4-5-12-25(24)29-26;20-17-5-2-4-16(19-21-10-11-22-19)15(17)8-7-13-3-1-6-18-14(13)9-12-23-18;20-17-3-1-2-16(19-21-9-10-22-19)15(17)7-5-13-4-6-14-8-11-23-18(14)12-13;1-2-7-17(19-20-11-12-21-19)14(4-1)8-9-15-5-3-6-16-10-13-22-18(15)16;1-22-15-8-9-17(19)14(12-15)7-6-13-4-2-3-5-16(13)18-20-10-11-21-18;1-21-16-7-4-5-14(13-16)9-10-15-6-2-3-8-17(15)18-19-11-12-20-18/h2-3,6-10,13-14,24-25H,4-5,11-12,15-16H2,1H3,(H,28,29);1-6,9,12H,7-8,10-11H2,(H,21,22);1-4,6,8,11-12H,5,7,9-10H2,(H,21,22);1-7H,8-13H2,(H,20,21);2-5,8-9,12H,6-7,10-11H2,1H3,(H,20,21);2-8,13H,9-12H2,1H3,(H,19,20)/t24-,25-;;;;;/m1...../s1. The second kappa shape index (κ2) is 48.2. The van der Waals surface area contributed by atoms with Gasteiger partial charge in [0, 0.05) is 97.5 Å². The highest BCUT2D eigenvalue weighted by Crippen LogP contribution is 2.36. The molecule has 9 heterocycles. The van der Waals surface area contributed by atoms with E-state index in [0.29, 0.717) is 24.9 Å². The average molecular weight is 1980 g/mol. The molecule has 8 aliphatic rings. The molecular formula is C119H120BrClF2N12O3S2.